The molecular formula is C19H17ClN2OS. The van der Waals surface area contributed by atoms with Crippen molar-refractivity contribution in [2.45, 2.75) is 19.9 Å². The number of halogens is 1. The maximum absolute atomic E-state index is 12.0. The largest absolute Gasteiger partial charge is 0.350 e. The van der Waals surface area contributed by atoms with Crippen molar-refractivity contribution < 1.29 is 4.79 Å². The van der Waals surface area contributed by atoms with E-state index in [2.05, 4.69) is 41.5 Å². The number of rotatable bonds is 5. The Kier molecular flexibility index (Phi) is 5.28. The Morgan fingerprint density at radius 3 is 2.54 bits per heavy atom. The second-order valence-electron chi connectivity index (χ2n) is 5.59. The van der Waals surface area contributed by atoms with Crippen molar-refractivity contribution in [1.29, 1.82) is 0 Å². The number of carbonyl (C=O) groups is 1. The van der Waals surface area contributed by atoms with Gasteiger partial charge in [0, 0.05) is 16.0 Å². The van der Waals surface area contributed by atoms with Gasteiger partial charge >= 0.3 is 0 Å². The van der Waals surface area contributed by atoms with E-state index in [1.54, 1.807) is 23.5 Å². The Morgan fingerprint density at radius 2 is 1.83 bits per heavy atom. The van der Waals surface area contributed by atoms with E-state index in [1.165, 1.54) is 5.56 Å². The summed E-state index contributed by atoms with van der Waals surface area (Å²) in [6, 6.07) is 15.6. The first kappa shape index (κ1) is 16.7. The highest BCUT2D eigenvalue weighted by Crippen LogP contribution is 2.23. The van der Waals surface area contributed by atoms with Crippen LogP contribution in [0.1, 0.15) is 16.8 Å². The SMILES string of the molecule is Cc1ccc(-c2nc(CNC(=O)Cc3ccc(Cl)cc3)cs2)cc1. The van der Waals surface area contributed by atoms with E-state index in [4.69, 9.17) is 11.6 Å². The van der Waals surface area contributed by atoms with Crippen LogP contribution in [0.5, 0.6) is 0 Å². The second-order valence-corrected chi connectivity index (χ2v) is 6.88. The quantitative estimate of drug-likeness (QED) is 0.724. The minimum Gasteiger partial charge on any atom is -0.350 e. The van der Waals surface area contributed by atoms with Crippen LogP contribution in [-0.2, 0) is 17.8 Å². The van der Waals surface area contributed by atoms with Gasteiger partial charge in [0.05, 0.1) is 18.7 Å². The van der Waals surface area contributed by atoms with Crippen LogP contribution in [0.25, 0.3) is 10.6 Å². The van der Waals surface area contributed by atoms with E-state index >= 15 is 0 Å². The molecule has 122 valence electrons. The van der Waals surface area contributed by atoms with Crippen LogP contribution in [0, 0.1) is 6.92 Å². The topological polar surface area (TPSA) is 42.0 Å². The summed E-state index contributed by atoms with van der Waals surface area (Å²) in [6.45, 7) is 2.50. The smallest absolute Gasteiger partial charge is 0.224 e. The normalized spacial score (nSPS) is 10.6. The number of nitrogens with one attached hydrogen (secondary N) is 1. The molecular weight excluding hydrogens is 340 g/mol. The van der Waals surface area contributed by atoms with Gasteiger partial charge in [-0.2, -0.15) is 0 Å². The highest BCUT2D eigenvalue weighted by molar-refractivity contribution is 7.13. The summed E-state index contributed by atoms with van der Waals surface area (Å²) in [5, 5.41) is 6.53. The fourth-order valence-corrected chi connectivity index (χ4v) is 3.21. The van der Waals surface area contributed by atoms with E-state index in [1.807, 2.05) is 17.5 Å². The van der Waals surface area contributed by atoms with Gasteiger partial charge in [0.1, 0.15) is 5.01 Å². The summed E-state index contributed by atoms with van der Waals surface area (Å²) in [6.07, 6.45) is 0.339. The van der Waals surface area contributed by atoms with Gasteiger partial charge in [-0.05, 0) is 24.6 Å². The molecule has 0 bridgehead atoms. The zero-order valence-corrected chi connectivity index (χ0v) is 14.8. The third-order valence-electron chi connectivity index (χ3n) is 3.59. The Labute approximate surface area is 150 Å². The summed E-state index contributed by atoms with van der Waals surface area (Å²) in [4.78, 5) is 16.6. The van der Waals surface area contributed by atoms with Gasteiger partial charge in [0.2, 0.25) is 5.91 Å². The lowest BCUT2D eigenvalue weighted by atomic mass is 10.1. The molecule has 3 aromatic rings. The van der Waals surface area contributed by atoms with Crippen molar-refractivity contribution in [3.63, 3.8) is 0 Å². The zero-order chi connectivity index (χ0) is 16.9. The van der Waals surface area contributed by atoms with Gasteiger partial charge < -0.3 is 5.32 Å². The maximum atomic E-state index is 12.0. The molecule has 1 heterocycles. The molecule has 1 N–H and O–H groups in total. The maximum Gasteiger partial charge on any atom is 0.224 e. The second kappa shape index (κ2) is 7.60. The van der Waals surface area contributed by atoms with Crippen molar-refractivity contribution in [3.05, 3.63) is 75.8 Å². The lowest BCUT2D eigenvalue weighted by Gasteiger charge is -2.04. The number of amides is 1. The highest BCUT2D eigenvalue weighted by atomic mass is 35.5. The summed E-state index contributed by atoms with van der Waals surface area (Å²) in [7, 11) is 0. The average molecular weight is 357 g/mol. The summed E-state index contributed by atoms with van der Waals surface area (Å²) < 4.78 is 0. The first-order valence-electron chi connectivity index (χ1n) is 7.63. The predicted octanol–water partition coefficient (Wildman–Crippen LogP) is 4.63. The fraction of sp³-hybridized carbons (Fsp3) is 0.158. The molecule has 0 aliphatic rings. The fourth-order valence-electron chi connectivity index (χ4n) is 2.26. The molecule has 1 amide bonds. The van der Waals surface area contributed by atoms with E-state index in [9.17, 15) is 4.79 Å². The molecule has 0 fully saturated rings. The third-order valence-corrected chi connectivity index (χ3v) is 4.79. The summed E-state index contributed by atoms with van der Waals surface area (Å²) >= 11 is 7.43. The van der Waals surface area contributed by atoms with Crippen LogP contribution < -0.4 is 5.32 Å². The van der Waals surface area contributed by atoms with Crippen LogP contribution in [0.2, 0.25) is 5.02 Å². The highest BCUT2D eigenvalue weighted by Gasteiger charge is 2.07. The lowest BCUT2D eigenvalue weighted by molar-refractivity contribution is -0.120. The molecule has 0 spiro atoms. The van der Waals surface area contributed by atoms with Crippen molar-refractivity contribution in [1.82, 2.24) is 10.3 Å². The summed E-state index contributed by atoms with van der Waals surface area (Å²) in [5.74, 6) is -0.0257. The lowest BCUT2D eigenvalue weighted by Crippen LogP contribution is -2.24. The first-order valence-corrected chi connectivity index (χ1v) is 8.88. The number of hydrogen-bond acceptors (Lipinski definition) is 3. The molecule has 0 saturated carbocycles. The molecule has 5 heteroatoms. The van der Waals surface area contributed by atoms with Crippen LogP contribution in [-0.4, -0.2) is 10.9 Å². The standard InChI is InChI=1S/C19H17ClN2OS/c1-13-2-6-15(7-3-13)19-22-17(12-24-19)11-21-18(23)10-14-4-8-16(20)9-5-14/h2-9,12H,10-11H2,1H3,(H,21,23). The van der Waals surface area contributed by atoms with Gasteiger partial charge in [-0.25, -0.2) is 4.98 Å². The number of hydrogen-bond donors (Lipinski definition) is 1. The van der Waals surface area contributed by atoms with Crippen LogP contribution in [0.15, 0.2) is 53.9 Å². The number of aromatic nitrogens is 1. The first-order chi connectivity index (χ1) is 11.6. The van der Waals surface area contributed by atoms with E-state index < -0.39 is 0 Å². The van der Waals surface area contributed by atoms with Crippen molar-refractivity contribution in [2.24, 2.45) is 0 Å². The van der Waals surface area contributed by atoms with Crippen molar-refractivity contribution in [2.75, 3.05) is 0 Å². The number of thiazole rings is 1. The number of benzene rings is 2. The molecule has 2 aromatic carbocycles. The minimum atomic E-state index is -0.0257. The molecule has 3 rings (SSSR count). The van der Waals surface area contributed by atoms with Gasteiger partial charge in [0.25, 0.3) is 0 Å². The van der Waals surface area contributed by atoms with Gasteiger partial charge in [-0.1, -0.05) is 53.6 Å². The minimum absolute atomic E-state index is 0.0257. The van der Waals surface area contributed by atoms with Crippen molar-refractivity contribution >= 4 is 28.8 Å². The van der Waals surface area contributed by atoms with Gasteiger partial charge in [-0.15, -0.1) is 11.3 Å². The Morgan fingerprint density at radius 1 is 1.12 bits per heavy atom. The van der Waals surface area contributed by atoms with E-state index in [0.29, 0.717) is 18.0 Å². The van der Waals surface area contributed by atoms with Crippen molar-refractivity contribution in [3.8, 4) is 10.6 Å². The molecule has 0 atom stereocenters. The molecule has 0 aliphatic carbocycles. The molecule has 0 unspecified atom stereocenters. The molecule has 0 aliphatic heterocycles. The van der Waals surface area contributed by atoms with Gasteiger partial charge in [0.15, 0.2) is 0 Å². The molecule has 0 saturated heterocycles. The van der Waals surface area contributed by atoms with Crippen LogP contribution >= 0.6 is 22.9 Å². The Balaban J connectivity index is 1.56. The monoisotopic (exact) mass is 356 g/mol. The molecule has 0 radical (unpaired) electrons. The number of aryl methyl sites for hydroxylation is 1. The summed E-state index contributed by atoms with van der Waals surface area (Å²) in [5.41, 5.74) is 4.14. The Hall–Kier alpha value is -2.17. The predicted molar refractivity (Wildman–Crippen MR) is 99.3 cm³/mol. The Bertz CT molecular complexity index is 825. The van der Waals surface area contributed by atoms with E-state index in [0.717, 1.165) is 21.8 Å². The molecule has 24 heavy (non-hydrogen) atoms. The average Bonchev–Trinajstić information content (AvgIpc) is 3.05. The molecule has 1 aromatic heterocycles. The van der Waals surface area contributed by atoms with Crippen LogP contribution in [0.4, 0.5) is 0 Å². The van der Waals surface area contributed by atoms with E-state index in [-0.39, 0.29) is 5.91 Å². The van der Waals surface area contributed by atoms with Crippen LogP contribution in [0.3, 0.4) is 0 Å². The number of nitrogens with zero attached hydrogens (tertiary/aromatic N) is 1. The molecule has 3 nitrogen and oxygen atoms in total. The third kappa shape index (κ3) is 4.43. The number of carbonyl (C=O) groups excluding carboxylic acids is 1. The van der Waals surface area contributed by atoms with Gasteiger partial charge in [-0.3, -0.25) is 4.79 Å². The zero-order valence-electron chi connectivity index (χ0n) is 13.3.